The predicted molar refractivity (Wildman–Crippen MR) is 194 cm³/mol. The van der Waals surface area contributed by atoms with Gasteiger partial charge < -0.3 is 10.6 Å². The number of rotatable bonds is 34. The fourth-order valence-corrected chi connectivity index (χ4v) is 5.71. The van der Waals surface area contributed by atoms with Crippen LogP contribution >= 0.6 is 0 Å². The molecule has 258 valence electrons. The zero-order chi connectivity index (χ0) is 32.2. The second-order valence-electron chi connectivity index (χ2n) is 13.3. The molecule has 0 radical (unpaired) electrons. The van der Waals surface area contributed by atoms with Crippen molar-refractivity contribution < 1.29 is 9.59 Å². The van der Waals surface area contributed by atoms with Gasteiger partial charge in [-0.2, -0.15) is 0 Å². The number of amides is 2. The van der Waals surface area contributed by atoms with E-state index in [0.717, 1.165) is 51.5 Å². The maximum Gasteiger partial charge on any atom is 0.220 e. The summed E-state index contributed by atoms with van der Waals surface area (Å²) in [5.41, 5.74) is 0. The van der Waals surface area contributed by atoms with E-state index >= 15 is 0 Å². The Labute approximate surface area is 275 Å². The molecule has 1 atom stereocenters. The average Bonchev–Trinajstić information content (AvgIpc) is 3.01. The molecule has 0 rings (SSSR count). The largest absolute Gasteiger partial charge is 0.356 e. The van der Waals surface area contributed by atoms with Gasteiger partial charge in [-0.1, -0.05) is 147 Å². The number of unbranched alkanes of at least 4 members (excludes halogenated alkanes) is 21. The maximum atomic E-state index is 12.2. The number of hydrogen-bond donors (Lipinski definition) is 2. The fraction of sp³-hybridized carbons (Fsp3) is 0.850. The van der Waals surface area contributed by atoms with Crippen LogP contribution in [0, 0.1) is 0 Å². The van der Waals surface area contributed by atoms with Gasteiger partial charge in [0.1, 0.15) is 0 Å². The van der Waals surface area contributed by atoms with Crippen LogP contribution in [-0.2, 0) is 9.59 Å². The standard InChI is InChI=1S/C40H76N2O2/c1-4-6-8-10-12-14-16-18-19-21-23-25-27-29-31-36-40(44)42-38(3)34-32-33-37-41-39(43)35-30-28-26-24-22-20-17-15-13-11-9-7-5-2/h12,14,18-19,38H,4-11,13,15-17,20-37H2,1-3H3,(H,41,43)(H,42,44)/b14-12-,19-18-/t38-/m1/s1. The van der Waals surface area contributed by atoms with E-state index in [2.05, 4.69) is 55.7 Å². The zero-order valence-electron chi connectivity index (χ0n) is 29.9. The molecule has 0 aromatic carbocycles. The SMILES string of the molecule is CCCCC/C=C\C/C=C\CCCCCCCC(=O)N[C@H](C)CCCCNC(=O)CCCCCCCCCCCCCCC. The Balaban J connectivity index is 3.43. The van der Waals surface area contributed by atoms with Crippen LogP contribution in [0.1, 0.15) is 207 Å². The smallest absolute Gasteiger partial charge is 0.220 e. The van der Waals surface area contributed by atoms with Crippen molar-refractivity contribution in [2.45, 2.75) is 213 Å². The Morgan fingerprint density at radius 1 is 0.500 bits per heavy atom. The van der Waals surface area contributed by atoms with Crippen molar-refractivity contribution >= 4 is 11.8 Å². The van der Waals surface area contributed by atoms with Gasteiger partial charge in [0.25, 0.3) is 0 Å². The first kappa shape index (κ1) is 42.4. The minimum absolute atomic E-state index is 0.189. The molecule has 0 aliphatic heterocycles. The molecular formula is C40H76N2O2. The van der Waals surface area contributed by atoms with E-state index in [0.29, 0.717) is 12.8 Å². The second kappa shape index (κ2) is 35.9. The third-order valence-electron chi connectivity index (χ3n) is 8.66. The van der Waals surface area contributed by atoms with Gasteiger partial charge in [0.05, 0.1) is 0 Å². The molecular weight excluding hydrogens is 540 g/mol. The van der Waals surface area contributed by atoms with Crippen molar-refractivity contribution in [3.63, 3.8) is 0 Å². The molecule has 0 spiro atoms. The van der Waals surface area contributed by atoms with E-state index in [1.54, 1.807) is 0 Å². The van der Waals surface area contributed by atoms with Gasteiger partial charge in [0.2, 0.25) is 11.8 Å². The topological polar surface area (TPSA) is 58.2 Å². The van der Waals surface area contributed by atoms with Crippen LogP contribution in [0.25, 0.3) is 0 Å². The van der Waals surface area contributed by atoms with Crippen molar-refractivity contribution in [2.75, 3.05) is 6.54 Å². The van der Waals surface area contributed by atoms with Crippen LogP contribution in [0.15, 0.2) is 24.3 Å². The van der Waals surface area contributed by atoms with Crippen LogP contribution in [0.3, 0.4) is 0 Å². The van der Waals surface area contributed by atoms with Crippen molar-refractivity contribution in [3.05, 3.63) is 24.3 Å². The Morgan fingerprint density at radius 2 is 0.932 bits per heavy atom. The Bertz CT molecular complexity index is 672. The average molecular weight is 617 g/mol. The van der Waals surface area contributed by atoms with Crippen molar-refractivity contribution in [3.8, 4) is 0 Å². The number of hydrogen-bond acceptors (Lipinski definition) is 2. The highest BCUT2D eigenvalue weighted by Crippen LogP contribution is 2.13. The van der Waals surface area contributed by atoms with E-state index < -0.39 is 0 Å². The highest BCUT2D eigenvalue weighted by atomic mass is 16.2. The minimum atomic E-state index is 0.189. The van der Waals surface area contributed by atoms with E-state index in [9.17, 15) is 9.59 Å². The molecule has 4 heteroatoms. The maximum absolute atomic E-state index is 12.2. The molecule has 0 heterocycles. The Kier molecular flexibility index (Phi) is 34.6. The molecule has 0 aliphatic carbocycles. The molecule has 0 aromatic heterocycles. The number of nitrogens with one attached hydrogen (secondary N) is 2. The van der Waals surface area contributed by atoms with Crippen LogP contribution in [-0.4, -0.2) is 24.4 Å². The van der Waals surface area contributed by atoms with Crippen LogP contribution in [0.4, 0.5) is 0 Å². The summed E-state index contributed by atoms with van der Waals surface area (Å²) in [6.45, 7) is 7.38. The number of carbonyl (C=O) groups is 2. The molecule has 0 saturated heterocycles. The van der Waals surface area contributed by atoms with E-state index in [1.165, 1.54) is 128 Å². The van der Waals surface area contributed by atoms with E-state index in [4.69, 9.17) is 0 Å². The molecule has 0 saturated carbocycles. The van der Waals surface area contributed by atoms with Gasteiger partial charge in [0, 0.05) is 25.4 Å². The molecule has 0 aliphatic rings. The molecule has 44 heavy (non-hydrogen) atoms. The van der Waals surface area contributed by atoms with Crippen LogP contribution < -0.4 is 10.6 Å². The highest BCUT2D eigenvalue weighted by molar-refractivity contribution is 5.76. The van der Waals surface area contributed by atoms with Gasteiger partial charge in [-0.15, -0.1) is 0 Å². The lowest BCUT2D eigenvalue weighted by Gasteiger charge is -2.14. The molecule has 0 bridgehead atoms. The van der Waals surface area contributed by atoms with Gasteiger partial charge in [-0.25, -0.2) is 0 Å². The third-order valence-corrected chi connectivity index (χ3v) is 8.66. The van der Waals surface area contributed by atoms with Gasteiger partial charge in [0.15, 0.2) is 0 Å². The van der Waals surface area contributed by atoms with Crippen molar-refractivity contribution in [1.82, 2.24) is 10.6 Å². The lowest BCUT2D eigenvalue weighted by atomic mass is 10.0. The van der Waals surface area contributed by atoms with Crippen molar-refractivity contribution in [1.29, 1.82) is 0 Å². The molecule has 0 aromatic rings. The number of carbonyl (C=O) groups excluding carboxylic acids is 2. The number of allylic oxidation sites excluding steroid dienone is 4. The summed E-state index contributed by atoms with van der Waals surface area (Å²) in [5, 5.41) is 6.24. The summed E-state index contributed by atoms with van der Waals surface area (Å²) in [6, 6.07) is 0.210. The second-order valence-corrected chi connectivity index (χ2v) is 13.3. The van der Waals surface area contributed by atoms with Crippen LogP contribution in [0.2, 0.25) is 0 Å². The molecule has 2 N–H and O–H groups in total. The zero-order valence-corrected chi connectivity index (χ0v) is 29.9. The Hall–Kier alpha value is -1.58. The fourth-order valence-electron chi connectivity index (χ4n) is 5.71. The summed E-state index contributed by atoms with van der Waals surface area (Å²) in [5.74, 6) is 0.390. The first-order valence-electron chi connectivity index (χ1n) is 19.5. The molecule has 4 nitrogen and oxygen atoms in total. The highest BCUT2D eigenvalue weighted by Gasteiger charge is 2.07. The Morgan fingerprint density at radius 3 is 1.48 bits per heavy atom. The molecule has 0 fully saturated rings. The monoisotopic (exact) mass is 617 g/mol. The normalized spacial score (nSPS) is 12.3. The summed E-state index contributed by atoms with van der Waals surface area (Å²) in [7, 11) is 0. The lowest BCUT2D eigenvalue weighted by Crippen LogP contribution is -2.32. The summed E-state index contributed by atoms with van der Waals surface area (Å²) in [4.78, 5) is 24.3. The first-order chi connectivity index (χ1) is 21.6. The predicted octanol–water partition coefficient (Wildman–Crippen LogP) is 12.1. The van der Waals surface area contributed by atoms with Gasteiger partial charge >= 0.3 is 0 Å². The van der Waals surface area contributed by atoms with Gasteiger partial charge in [-0.05, 0) is 71.1 Å². The minimum Gasteiger partial charge on any atom is -0.356 e. The lowest BCUT2D eigenvalue weighted by molar-refractivity contribution is -0.122. The third kappa shape index (κ3) is 34.9. The quantitative estimate of drug-likeness (QED) is 0.0558. The molecule has 0 unspecified atom stereocenters. The van der Waals surface area contributed by atoms with E-state index in [-0.39, 0.29) is 17.9 Å². The summed E-state index contributed by atoms with van der Waals surface area (Å²) < 4.78 is 0. The van der Waals surface area contributed by atoms with Gasteiger partial charge in [-0.3, -0.25) is 9.59 Å². The van der Waals surface area contributed by atoms with E-state index in [1.807, 2.05) is 0 Å². The summed E-state index contributed by atoms with van der Waals surface area (Å²) in [6.07, 6.45) is 44.1. The van der Waals surface area contributed by atoms with Crippen LogP contribution in [0.5, 0.6) is 0 Å². The molecule has 2 amide bonds. The first-order valence-corrected chi connectivity index (χ1v) is 19.5. The summed E-state index contributed by atoms with van der Waals surface area (Å²) >= 11 is 0. The van der Waals surface area contributed by atoms with Crippen molar-refractivity contribution in [2.24, 2.45) is 0 Å².